The van der Waals surface area contributed by atoms with E-state index >= 15 is 0 Å². The molecular weight excluding hydrogens is 332 g/mol. The quantitative estimate of drug-likeness (QED) is 0.775. The molecule has 6 nitrogen and oxygen atoms in total. The first-order valence-electron chi connectivity index (χ1n) is 8.24. The van der Waals surface area contributed by atoms with Crippen LogP contribution < -0.4 is 19.7 Å². The minimum Gasteiger partial charge on any atom is -0.493 e. The summed E-state index contributed by atoms with van der Waals surface area (Å²) in [4.78, 5) is 25.8. The molecule has 1 aliphatic heterocycles. The van der Waals surface area contributed by atoms with Gasteiger partial charge in [0.25, 0.3) is 11.8 Å². The zero-order valence-corrected chi connectivity index (χ0v) is 14.7. The molecule has 3 rings (SSSR count). The lowest BCUT2D eigenvalue weighted by atomic mass is 10.1. The van der Waals surface area contributed by atoms with Crippen molar-refractivity contribution in [1.29, 1.82) is 0 Å². The van der Waals surface area contributed by atoms with Crippen molar-refractivity contribution in [3.8, 4) is 11.5 Å². The lowest BCUT2D eigenvalue weighted by Gasteiger charge is -2.15. The predicted octanol–water partition coefficient (Wildman–Crippen LogP) is 2.29. The molecule has 0 atom stereocenters. The highest BCUT2D eigenvalue weighted by Gasteiger charge is 2.31. The maximum atomic E-state index is 12.5. The molecule has 0 bridgehead atoms. The normalized spacial score (nSPS) is 13.6. The molecule has 1 N–H and O–H groups in total. The summed E-state index contributed by atoms with van der Waals surface area (Å²) in [5, 5.41) is 3.05. The smallest absolute Gasteiger partial charge is 0.281 e. The first-order chi connectivity index (χ1) is 12.6. The lowest BCUT2D eigenvalue weighted by Crippen LogP contribution is -2.33. The van der Waals surface area contributed by atoms with Crippen molar-refractivity contribution in [2.24, 2.45) is 0 Å². The van der Waals surface area contributed by atoms with Gasteiger partial charge in [-0.25, -0.2) is 4.90 Å². The van der Waals surface area contributed by atoms with Crippen LogP contribution in [0.2, 0.25) is 0 Å². The van der Waals surface area contributed by atoms with Crippen LogP contribution in [0.3, 0.4) is 0 Å². The summed E-state index contributed by atoms with van der Waals surface area (Å²) in [7, 11) is 3.18. The molecule has 2 aromatic rings. The molecule has 0 unspecified atom stereocenters. The van der Waals surface area contributed by atoms with Crippen LogP contribution in [0.5, 0.6) is 11.5 Å². The minimum atomic E-state index is -0.339. The molecule has 0 radical (unpaired) electrons. The number of anilines is 1. The van der Waals surface area contributed by atoms with E-state index in [1.54, 1.807) is 38.5 Å². The first kappa shape index (κ1) is 17.5. The van der Waals surface area contributed by atoms with Crippen molar-refractivity contribution in [3.63, 3.8) is 0 Å². The number of imide groups is 1. The van der Waals surface area contributed by atoms with Gasteiger partial charge < -0.3 is 14.8 Å². The Morgan fingerprint density at radius 1 is 0.962 bits per heavy atom. The minimum absolute atomic E-state index is 0.305. The van der Waals surface area contributed by atoms with E-state index in [2.05, 4.69) is 5.32 Å². The topological polar surface area (TPSA) is 67.9 Å². The summed E-state index contributed by atoms with van der Waals surface area (Å²) in [6.07, 6.45) is 2.01. The summed E-state index contributed by atoms with van der Waals surface area (Å²) in [6, 6.07) is 14.6. The van der Waals surface area contributed by atoms with Crippen molar-refractivity contribution in [3.05, 3.63) is 65.9 Å². The Bertz CT molecular complexity index is 846. The molecule has 1 aliphatic rings. The van der Waals surface area contributed by atoms with Gasteiger partial charge in [-0.2, -0.15) is 0 Å². The third kappa shape index (κ3) is 3.54. The van der Waals surface area contributed by atoms with Gasteiger partial charge in [-0.3, -0.25) is 9.59 Å². The van der Waals surface area contributed by atoms with Gasteiger partial charge in [0.2, 0.25) is 0 Å². The van der Waals surface area contributed by atoms with Gasteiger partial charge in [0.05, 0.1) is 19.9 Å². The number of nitrogens with one attached hydrogen (secondary N) is 1. The van der Waals surface area contributed by atoms with Crippen LogP contribution in [0.1, 0.15) is 5.56 Å². The Balaban J connectivity index is 1.61. The SMILES string of the molecule is COc1ccc(CCNC2=CC(=O)N(c3ccccc3)C2=O)cc1OC. The van der Waals surface area contributed by atoms with Gasteiger partial charge in [-0.05, 0) is 36.2 Å². The number of nitrogens with zero attached hydrogens (tertiary/aromatic N) is 1. The Labute approximate surface area is 152 Å². The predicted molar refractivity (Wildman–Crippen MR) is 98.3 cm³/mol. The van der Waals surface area contributed by atoms with Crippen molar-refractivity contribution in [1.82, 2.24) is 5.32 Å². The second kappa shape index (κ2) is 7.74. The van der Waals surface area contributed by atoms with Crippen LogP contribution in [-0.4, -0.2) is 32.6 Å². The first-order valence-corrected chi connectivity index (χ1v) is 8.24. The molecule has 2 aromatic carbocycles. The fourth-order valence-electron chi connectivity index (χ4n) is 2.80. The van der Waals surface area contributed by atoms with Gasteiger partial charge in [-0.1, -0.05) is 24.3 Å². The van der Waals surface area contributed by atoms with Crippen molar-refractivity contribution in [2.75, 3.05) is 25.7 Å². The highest BCUT2D eigenvalue weighted by atomic mass is 16.5. The number of amides is 2. The van der Waals surface area contributed by atoms with Gasteiger partial charge >= 0.3 is 0 Å². The molecule has 1 heterocycles. The highest BCUT2D eigenvalue weighted by molar-refractivity contribution is 6.30. The van der Waals surface area contributed by atoms with Crippen LogP contribution in [0.15, 0.2) is 60.3 Å². The molecule has 0 saturated carbocycles. The van der Waals surface area contributed by atoms with E-state index in [1.165, 1.54) is 11.0 Å². The number of ether oxygens (including phenoxy) is 2. The van der Waals surface area contributed by atoms with Gasteiger partial charge in [0, 0.05) is 12.6 Å². The Hall–Kier alpha value is -3.28. The van der Waals surface area contributed by atoms with Crippen LogP contribution in [0.25, 0.3) is 0 Å². The third-order valence-corrected chi connectivity index (χ3v) is 4.11. The maximum Gasteiger partial charge on any atom is 0.281 e. The number of carbonyl (C=O) groups is 2. The summed E-state index contributed by atoms with van der Waals surface area (Å²) >= 11 is 0. The maximum absolute atomic E-state index is 12.5. The van der Waals surface area contributed by atoms with Crippen LogP contribution >= 0.6 is 0 Å². The van der Waals surface area contributed by atoms with E-state index < -0.39 is 0 Å². The second-order valence-electron chi connectivity index (χ2n) is 5.74. The van der Waals surface area contributed by atoms with E-state index in [1.807, 2.05) is 24.3 Å². The summed E-state index contributed by atoms with van der Waals surface area (Å²) in [5.74, 6) is 0.650. The number of benzene rings is 2. The van der Waals surface area contributed by atoms with Crippen molar-refractivity contribution >= 4 is 17.5 Å². The molecule has 0 aliphatic carbocycles. The van der Waals surface area contributed by atoms with Crippen LogP contribution in [-0.2, 0) is 16.0 Å². The number of para-hydroxylation sites is 1. The van der Waals surface area contributed by atoms with E-state index in [9.17, 15) is 9.59 Å². The summed E-state index contributed by atoms with van der Waals surface area (Å²) in [5.41, 5.74) is 1.90. The number of methoxy groups -OCH3 is 2. The number of rotatable bonds is 7. The van der Waals surface area contributed by atoms with Gasteiger partial charge in [0.15, 0.2) is 11.5 Å². The monoisotopic (exact) mass is 352 g/mol. The number of carbonyl (C=O) groups excluding carboxylic acids is 2. The molecule has 0 fully saturated rings. The largest absolute Gasteiger partial charge is 0.493 e. The van der Waals surface area contributed by atoms with Crippen molar-refractivity contribution < 1.29 is 19.1 Å². The number of hydrogen-bond donors (Lipinski definition) is 1. The third-order valence-electron chi connectivity index (χ3n) is 4.11. The molecule has 26 heavy (non-hydrogen) atoms. The van der Waals surface area contributed by atoms with Crippen molar-refractivity contribution in [2.45, 2.75) is 6.42 Å². The molecule has 0 saturated heterocycles. The van der Waals surface area contributed by atoms with Gasteiger partial charge in [-0.15, -0.1) is 0 Å². The molecule has 2 amide bonds. The molecule has 134 valence electrons. The Morgan fingerprint density at radius 2 is 1.69 bits per heavy atom. The Kier molecular flexibility index (Phi) is 5.22. The lowest BCUT2D eigenvalue weighted by molar-refractivity contribution is -0.120. The van der Waals surface area contributed by atoms with E-state index in [0.717, 1.165) is 5.56 Å². The van der Waals surface area contributed by atoms with E-state index in [0.29, 0.717) is 35.8 Å². The summed E-state index contributed by atoms with van der Waals surface area (Å²) in [6.45, 7) is 0.517. The number of hydrogen-bond acceptors (Lipinski definition) is 5. The summed E-state index contributed by atoms with van der Waals surface area (Å²) < 4.78 is 10.5. The molecule has 0 aromatic heterocycles. The average Bonchev–Trinajstić information content (AvgIpc) is 2.95. The zero-order chi connectivity index (χ0) is 18.5. The fraction of sp³-hybridized carbons (Fsp3) is 0.200. The molecule has 0 spiro atoms. The standard InChI is InChI=1S/C20H20N2O4/c1-25-17-9-8-14(12-18(17)26-2)10-11-21-16-13-19(23)22(20(16)24)15-6-4-3-5-7-15/h3-9,12-13,21H,10-11H2,1-2H3. The zero-order valence-electron chi connectivity index (χ0n) is 14.7. The Morgan fingerprint density at radius 3 is 2.38 bits per heavy atom. The van der Waals surface area contributed by atoms with Crippen LogP contribution in [0.4, 0.5) is 5.69 Å². The van der Waals surface area contributed by atoms with Gasteiger partial charge in [0.1, 0.15) is 5.70 Å². The molecular formula is C20H20N2O4. The fourth-order valence-corrected chi connectivity index (χ4v) is 2.80. The second-order valence-corrected chi connectivity index (χ2v) is 5.74. The molecule has 6 heteroatoms. The average molecular weight is 352 g/mol. The highest BCUT2D eigenvalue weighted by Crippen LogP contribution is 2.27. The van der Waals surface area contributed by atoms with E-state index in [4.69, 9.17) is 9.47 Å². The van der Waals surface area contributed by atoms with E-state index in [-0.39, 0.29) is 11.8 Å². The van der Waals surface area contributed by atoms with Crippen LogP contribution in [0, 0.1) is 0 Å².